The van der Waals surface area contributed by atoms with Crippen molar-refractivity contribution in [2.75, 3.05) is 44.4 Å². The number of carbonyl (C=O) groups is 3. The molecule has 304 valence electrons. The summed E-state index contributed by atoms with van der Waals surface area (Å²) in [5.74, 6) is 1.59. The van der Waals surface area contributed by atoms with Gasteiger partial charge in [-0.2, -0.15) is 0 Å². The first-order chi connectivity index (χ1) is 28.8. The fraction of sp³-hybridized carbons (Fsp3) is 0.449. The molecule has 10 heteroatoms. The Morgan fingerprint density at radius 3 is 2.37 bits per heavy atom. The normalized spacial score (nSPS) is 28.5. The van der Waals surface area contributed by atoms with Gasteiger partial charge in [-0.1, -0.05) is 54.6 Å². The maximum absolute atomic E-state index is 13.5. The Bertz CT molecular complexity index is 2290. The van der Waals surface area contributed by atoms with Crippen LogP contribution in [0, 0.1) is 5.92 Å². The molecule has 11 rings (SSSR count). The molecule has 10 nitrogen and oxygen atoms in total. The minimum atomic E-state index is -0.629. The molecule has 3 amide bonds. The summed E-state index contributed by atoms with van der Waals surface area (Å²) in [6.07, 6.45) is 6.89. The van der Waals surface area contributed by atoms with Crippen LogP contribution in [0.15, 0.2) is 84.9 Å². The van der Waals surface area contributed by atoms with Crippen LogP contribution >= 0.6 is 0 Å². The van der Waals surface area contributed by atoms with E-state index in [1.54, 1.807) is 4.90 Å². The highest BCUT2D eigenvalue weighted by atomic mass is 16.5. The van der Waals surface area contributed by atoms with Crippen LogP contribution in [0.2, 0.25) is 0 Å². The summed E-state index contributed by atoms with van der Waals surface area (Å²) in [7, 11) is 0. The van der Waals surface area contributed by atoms with E-state index >= 15 is 0 Å². The fourth-order valence-electron chi connectivity index (χ4n) is 12.2. The molecule has 0 aromatic heterocycles. The Balaban J connectivity index is 0.751. The lowest BCUT2D eigenvalue weighted by molar-refractivity contribution is -0.136. The Kier molecular flexibility index (Phi) is 9.07. The minimum absolute atomic E-state index is 0.0611. The van der Waals surface area contributed by atoms with Crippen molar-refractivity contribution < 1.29 is 29.0 Å². The predicted octanol–water partition coefficient (Wildman–Crippen LogP) is 6.43. The van der Waals surface area contributed by atoms with E-state index in [1.165, 1.54) is 33.5 Å². The zero-order valence-corrected chi connectivity index (χ0v) is 33.5. The average molecular weight is 793 g/mol. The molecule has 2 N–H and O–H groups in total. The number of piperidine rings is 3. The monoisotopic (exact) mass is 792 g/mol. The number of hydrogen-bond acceptors (Lipinski definition) is 8. The number of benzene rings is 4. The third kappa shape index (κ3) is 6.33. The number of carbonyl (C=O) groups excluding carboxylic acids is 3. The second-order valence-electron chi connectivity index (χ2n) is 18.3. The summed E-state index contributed by atoms with van der Waals surface area (Å²) in [4.78, 5) is 44.8. The van der Waals surface area contributed by atoms with Crippen molar-refractivity contribution in [3.8, 4) is 11.5 Å². The van der Waals surface area contributed by atoms with Crippen LogP contribution in [-0.4, -0.2) is 90.2 Å². The number of aryl methyl sites for hydroxylation is 1. The minimum Gasteiger partial charge on any atom is -0.508 e. The molecule has 6 heterocycles. The topological polar surface area (TPSA) is 112 Å². The van der Waals surface area contributed by atoms with Crippen LogP contribution < -0.4 is 15.0 Å². The number of morpholine rings is 1. The molecule has 2 unspecified atom stereocenters. The van der Waals surface area contributed by atoms with Gasteiger partial charge >= 0.3 is 0 Å². The first-order valence-corrected chi connectivity index (χ1v) is 21.8. The molecular weight excluding hydrogens is 741 g/mol. The van der Waals surface area contributed by atoms with Gasteiger partial charge in [0, 0.05) is 46.7 Å². The summed E-state index contributed by atoms with van der Waals surface area (Å²) in [6, 6.07) is 30.4. The van der Waals surface area contributed by atoms with E-state index in [0.29, 0.717) is 54.8 Å². The van der Waals surface area contributed by atoms with Gasteiger partial charge in [0.1, 0.15) is 17.5 Å². The number of phenols is 1. The van der Waals surface area contributed by atoms with Crippen LogP contribution in [-0.2, 0) is 32.7 Å². The SMILES string of the molecule is O=C1CC[C@H](N2Cc3c(ccc4c3OCC43CCN(CC4CC5COCC(C4)N5c4ccc([C@@H]5c6ccc(O)cc6CC[C@@H]5c5ccccc5)cc4)CC3)C2=O)C(=O)N1. The Labute approximate surface area is 345 Å². The van der Waals surface area contributed by atoms with Crippen molar-refractivity contribution in [3.05, 3.63) is 124 Å². The highest BCUT2D eigenvalue weighted by Gasteiger charge is 2.48. The van der Waals surface area contributed by atoms with E-state index in [0.717, 1.165) is 82.7 Å². The van der Waals surface area contributed by atoms with E-state index in [1.807, 2.05) is 18.2 Å². The van der Waals surface area contributed by atoms with E-state index in [2.05, 4.69) is 81.8 Å². The lowest BCUT2D eigenvalue weighted by Gasteiger charge is -2.51. The lowest BCUT2D eigenvalue weighted by atomic mass is 9.69. The molecule has 5 atom stereocenters. The number of imide groups is 1. The van der Waals surface area contributed by atoms with Crippen molar-refractivity contribution in [3.63, 3.8) is 0 Å². The van der Waals surface area contributed by atoms with Crippen molar-refractivity contribution in [1.29, 1.82) is 0 Å². The molecule has 4 fully saturated rings. The summed E-state index contributed by atoms with van der Waals surface area (Å²) in [5.41, 5.74) is 9.24. The number of phenolic OH excluding ortho intramolecular Hbond substituents is 1. The number of hydrogen-bond donors (Lipinski definition) is 2. The molecular formula is C49H52N4O6. The third-order valence-corrected chi connectivity index (χ3v) is 15.0. The average Bonchev–Trinajstić information content (AvgIpc) is 3.78. The van der Waals surface area contributed by atoms with Gasteiger partial charge in [-0.15, -0.1) is 0 Å². The number of fused-ring (bicyclic) bond motifs is 7. The highest BCUT2D eigenvalue weighted by Crippen LogP contribution is 2.51. The molecule has 1 aliphatic carbocycles. The summed E-state index contributed by atoms with van der Waals surface area (Å²) in [5, 5.41) is 12.7. The van der Waals surface area contributed by atoms with Crippen LogP contribution in [0.3, 0.4) is 0 Å². The number of amides is 3. The van der Waals surface area contributed by atoms with E-state index in [-0.39, 0.29) is 35.5 Å². The molecule has 1 spiro atoms. The Morgan fingerprint density at radius 1 is 0.831 bits per heavy atom. The van der Waals surface area contributed by atoms with Gasteiger partial charge in [-0.25, -0.2) is 0 Å². The predicted molar refractivity (Wildman–Crippen MR) is 223 cm³/mol. The molecule has 2 bridgehead atoms. The van der Waals surface area contributed by atoms with Crippen LogP contribution in [0.1, 0.15) is 101 Å². The van der Waals surface area contributed by atoms with Gasteiger partial charge in [0.2, 0.25) is 11.8 Å². The quantitative estimate of drug-likeness (QED) is 0.215. The molecule has 6 aliphatic heterocycles. The van der Waals surface area contributed by atoms with Crippen LogP contribution in [0.25, 0.3) is 0 Å². The maximum Gasteiger partial charge on any atom is 0.255 e. The first kappa shape index (κ1) is 36.9. The Hall–Kier alpha value is -5.19. The van der Waals surface area contributed by atoms with Crippen molar-refractivity contribution in [2.45, 2.75) is 93.3 Å². The number of ether oxygens (including phenoxy) is 2. The number of aromatic hydroxyl groups is 1. The van der Waals surface area contributed by atoms with Crippen LogP contribution in [0.5, 0.6) is 11.5 Å². The van der Waals surface area contributed by atoms with E-state index < -0.39 is 6.04 Å². The number of rotatable bonds is 6. The van der Waals surface area contributed by atoms with E-state index in [9.17, 15) is 19.5 Å². The maximum atomic E-state index is 13.5. The van der Waals surface area contributed by atoms with Crippen LogP contribution in [0.4, 0.5) is 5.69 Å². The van der Waals surface area contributed by atoms with Crippen molar-refractivity contribution in [1.82, 2.24) is 15.1 Å². The van der Waals surface area contributed by atoms with Gasteiger partial charge < -0.3 is 29.3 Å². The van der Waals surface area contributed by atoms with Crippen molar-refractivity contribution in [2.24, 2.45) is 5.92 Å². The second-order valence-corrected chi connectivity index (χ2v) is 18.3. The number of likely N-dealkylation sites (tertiary alicyclic amines) is 1. The van der Waals surface area contributed by atoms with Gasteiger partial charge in [-0.3, -0.25) is 19.7 Å². The lowest BCUT2D eigenvalue weighted by Crippen LogP contribution is -2.58. The molecule has 4 aromatic carbocycles. The number of anilines is 1. The van der Waals surface area contributed by atoms with Gasteiger partial charge in [0.05, 0.1) is 38.4 Å². The van der Waals surface area contributed by atoms with Gasteiger partial charge in [-0.05, 0) is 122 Å². The zero-order valence-electron chi connectivity index (χ0n) is 33.5. The third-order valence-electron chi connectivity index (χ3n) is 15.0. The summed E-state index contributed by atoms with van der Waals surface area (Å²) >= 11 is 0. The number of nitrogens with one attached hydrogen (secondary N) is 1. The summed E-state index contributed by atoms with van der Waals surface area (Å²) < 4.78 is 12.7. The Morgan fingerprint density at radius 2 is 1.61 bits per heavy atom. The van der Waals surface area contributed by atoms with Crippen molar-refractivity contribution >= 4 is 23.4 Å². The molecule has 7 aliphatic rings. The van der Waals surface area contributed by atoms with Gasteiger partial charge in [0.15, 0.2) is 0 Å². The molecule has 4 aromatic rings. The smallest absolute Gasteiger partial charge is 0.255 e. The first-order valence-electron chi connectivity index (χ1n) is 21.8. The largest absolute Gasteiger partial charge is 0.508 e. The van der Waals surface area contributed by atoms with E-state index in [4.69, 9.17) is 9.47 Å². The summed E-state index contributed by atoms with van der Waals surface area (Å²) in [6.45, 7) is 5.62. The standard InChI is InChI=1S/C49H52N4O6/c54-37-11-13-39-33(24-37)8-12-38(31-4-2-1-3-5-31)45(39)32-6-9-34(10-7-32)53-35-22-30(23-36(53)28-58-27-35)25-51-20-18-49(19-21-51)29-59-46-41-26-52(43-16-17-44(55)50-47(43)56)48(57)40(41)14-15-42(46)49/h1-7,9-11,13-15,24,30,35-36,38,43,45,54H,8,12,16-23,25-29H2,(H,50,55,56)/t30?,35?,36?,38-,43+,45+/m1/s1. The molecule has 59 heavy (non-hydrogen) atoms. The molecule has 0 saturated carbocycles. The zero-order chi connectivity index (χ0) is 39.8. The highest BCUT2D eigenvalue weighted by molar-refractivity contribution is 6.05. The molecule has 0 radical (unpaired) electrons. The van der Waals surface area contributed by atoms with Gasteiger partial charge in [0.25, 0.3) is 5.91 Å². The molecule has 4 saturated heterocycles. The fourth-order valence-corrected chi connectivity index (χ4v) is 12.2. The second kappa shape index (κ2) is 14.5. The number of nitrogens with zero attached hydrogens (tertiary/aromatic N) is 3.